The van der Waals surface area contributed by atoms with Crippen LogP contribution >= 0.6 is 0 Å². The fourth-order valence-electron chi connectivity index (χ4n) is 6.01. The van der Waals surface area contributed by atoms with E-state index in [0.29, 0.717) is 0 Å². The fourth-order valence-corrected chi connectivity index (χ4v) is 10.1. The molecule has 169 valence electrons. The Morgan fingerprint density at radius 1 is 0.545 bits per heavy atom. The summed E-state index contributed by atoms with van der Waals surface area (Å²) in [6.45, 7) is 20.8. The second-order valence-electron chi connectivity index (χ2n) is 10.4. The minimum atomic E-state index is -1.20. The van der Waals surface area contributed by atoms with E-state index in [1.165, 1.54) is 66.0 Å². The maximum atomic E-state index is 2.53. The van der Waals surface area contributed by atoms with Gasteiger partial charge in [0, 0.05) is 5.04 Å². The third-order valence-electron chi connectivity index (χ3n) is 7.58. The summed E-state index contributed by atoms with van der Waals surface area (Å²) in [6, 6.07) is 23.5. The largest absolute Gasteiger partial charge is 0.136 e. The van der Waals surface area contributed by atoms with E-state index in [1.807, 2.05) is 0 Å². The second kappa shape index (κ2) is 8.61. The van der Waals surface area contributed by atoms with E-state index in [2.05, 4.69) is 123 Å². The first-order valence-corrected chi connectivity index (χ1v) is 13.5. The van der Waals surface area contributed by atoms with Crippen molar-refractivity contribution in [2.45, 2.75) is 67.4 Å². The molecule has 0 heterocycles. The topological polar surface area (TPSA) is 0 Å². The molecule has 0 aromatic heterocycles. The molecule has 0 fully saturated rings. The molecule has 0 saturated carbocycles. The van der Waals surface area contributed by atoms with Gasteiger partial charge in [0.25, 0.3) is 0 Å². The monoisotopic (exact) mass is 449 g/mol. The predicted octanol–water partition coefficient (Wildman–Crippen LogP) is 7.42. The summed E-state index contributed by atoms with van der Waals surface area (Å²) in [5.74, 6) is 0. The molecule has 0 spiro atoms. The molecule has 1 radical (unpaired) electrons. The van der Waals surface area contributed by atoms with Crippen LogP contribution in [0, 0.1) is 34.6 Å². The van der Waals surface area contributed by atoms with Crippen molar-refractivity contribution in [1.82, 2.24) is 0 Å². The van der Waals surface area contributed by atoms with Crippen LogP contribution in [0.15, 0.2) is 77.4 Å². The van der Waals surface area contributed by atoms with Crippen LogP contribution < -0.4 is 10.4 Å². The molecule has 1 aliphatic carbocycles. The first-order chi connectivity index (χ1) is 15.5. The highest BCUT2D eigenvalue weighted by Crippen LogP contribution is 2.58. The first kappa shape index (κ1) is 23.5. The third kappa shape index (κ3) is 4.08. The number of benzene rings is 3. The standard InChI is InChI=1S/C32H37Si/c1-20-11-10-12-28(15-20)31-26(7)25(6)27(8)32(31,9)33(29-16-21(2)13-22(3)17-29)30-18-23(4)14-24(5)19-30/h10-19H,1-9H3. The predicted molar refractivity (Wildman–Crippen MR) is 147 cm³/mol. The molecule has 0 saturated heterocycles. The summed E-state index contributed by atoms with van der Waals surface area (Å²) in [7, 11) is -1.20. The Kier molecular flexibility index (Phi) is 6.14. The Morgan fingerprint density at radius 2 is 1.03 bits per heavy atom. The molecule has 1 atom stereocenters. The van der Waals surface area contributed by atoms with Crippen molar-refractivity contribution in [1.29, 1.82) is 0 Å². The zero-order chi connectivity index (χ0) is 24.1. The minimum Gasteiger partial charge on any atom is -0.0620 e. The van der Waals surface area contributed by atoms with E-state index in [1.54, 1.807) is 0 Å². The van der Waals surface area contributed by atoms with Crippen LogP contribution in [0.1, 0.15) is 61.1 Å². The number of aryl methyl sites for hydroxylation is 5. The Morgan fingerprint density at radius 3 is 1.48 bits per heavy atom. The Labute approximate surface area is 202 Å². The average molecular weight is 450 g/mol. The van der Waals surface area contributed by atoms with Crippen molar-refractivity contribution in [2.24, 2.45) is 0 Å². The van der Waals surface area contributed by atoms with Crippen LogP contribution in [0.2, 0.25) is 5.04 Å². The van der Waals surface area contributed by atoms with E-state index in [0.717, 1.165) is 0 Å². The molecular formula is C32H37Si. The van der Waals surface area contributed by atoms with E-state index in [-0.39, 0.29) is 5.04 Å². The fraction of sp³-hybridized carbons (Fsp3) is 0.312. The zero-order valence-corrected chi connectivity index (χ0v) is 22.8. The molecule has 4 rings (SSSR count). The third-order valence-corrected chi connectivity index (χ3v) is 10.9. The lowest BCUT2D eigenvalue weighted by Crippen LogP contribution is -2.52. The lowest BCUT2D eigenvalue weighted by atomic mass is 9.90. The van der Waals surface area contributed by atoms with Crippen LogP contribution in [-0.4, -0.2) is 8.80 Å². The van der Waals surface area contributed by atoms with Gasteiger partial charge in [0.1, 0.15) is 8.80 Å². The van der Waals surface area contributed by atoms with Gasteiger partial charge in [-0.1, -0.05) is 111 Å². The second-order valence-corrected chi connectivity index (χ2v) is 13.3. The van der Waals surface area contributed by atoms with E-state index in [4.69, 9.17) is 0 Å². The first-order valence-electron chi connectivity index (χ1n) is 12.0. The highest BCUT2D eigenvalue weighted by atomic mass is 28.3. The van der Waals surface area contributed by atoms with Crippen LogP contribution in [-0.2, 0) is 0 Å². The molecule has 0 nitrogen and oxygen atoms in total. The maximum Gasteiger partial charge on any atom is 0.136 e. The highest BCUT2D eigenvalue weighted by molar-refractivity contribution is 6.90. The molecule has 33 heavy (non-hydrogen) atoms. The molecule has 0 amide bonds. The summed E-state index contributed by atoms with van der Waals surface area (Å²) in [5.41, 5.74) is 14.1. The van der Waals surface area contributed by atoms with Crippen molar-refractivity contribution >= 4 is 24.7 Å². The van der Waals surface area contributed by atoms with Crippen molar-refractivity contribution < 1.29 is 0 Å². The van der Waals surface area contributed by atoms with Gasteiger partial charge >= 0.3 is 0 Å². The van der Waals surface area contributed by atoms with Gasteiger partial charge in [-0.25, -0.2) is 0 Å². The van der Waals surface area contributed by atoms with Crippen LogP contribution in [0.5, 0.6) is 0 Å². The molecule has 0 aliphatic heterocycles. The summed E-state index contributed by atoms with van der Waals surface area (Å²) in [5, 5.41) is 2.99. The molecule has 3 aromatic rings. The van der Waals surface area contributed by atoms with Crippen molar-refractivity contribution in [3.8, 4) is 0 Å². The smallest absolute Gasteiger partial charge is 0.0620 e. The summed E-state index contributed by atoms with van der Waals surface area (Å²) in [6.07, 6.45) is 0. The summed E-state index contributed by atoms with van der Waals surface area (Å²) < 4.78 is 0. The average Bonchev–Trinajstić information content (AvgIpc) is 2.87. The quantitative estimate of drug-likeness (QED) is 0.363. The number of rotatable bonds is 4. The SMILES string of the molecule is CC1=C(C)C(C)([Si](c2cc(C)cc(C)c2)c2cc(C)cc(C)c2)C(c2cccc(C)c2)=C1C. The van der Waals surface area contributed by atoms with Crippen molar-refractivity contribution in [3.63, 3.8) is 0 Å². The molecule has 1 aliphatic rings. The van der Waals surface area contributed by atoms with Gasteiger partial charge in [-0.2, -0.15) is 0 Å². The molecule has 0 N–H and O–H groups in total. The molecule has 3 aromatic carbocycles. The molecular weight excluding hydrogens is 412 g/mol. The van der Waals surface area contributed by atoms with E-state index >= 15 is 0 Å². The van der Waals surface area contributed by atoms with Gasteiger partial charge in [0.05, 0.1) is 0 Å². The summed E-state index contributed by atoms with van der Waals surface area (Å²) in [4.78, 5) is 0. The lowest BCUT2D eigenvalue weighted by Gasteiger charge is -2.39. The molecule has 1 unspecified atom stereocenters. The lowest BCUT2D eigenvalue weighted by molar-refractivity contribution is 0.901. The normalized spacial score (nSPS) is 18.6. The van der Waals surface area contributed by atoms with Crippen molar-refractivity contribution in [2.75, 3.05) is 0 Å². The van der Waals surface area contributed by atoms with Crippen LogP contribution in [0.3, 0.4) is 0 Å². The van der Waals surface area contributed by atoms with Gasteiger partial charge < -0.3 is 0 Å². The zero-order valence-electron chi connectivity index (χ0n) is 21.8. The maximum absolute atomic E-state index is 2.53. The van der Waals surface area contributed by atoms with Crippen molar-refractivity contribution in [3.05, 3.63) is 111 Å². The van der Waals surface area contributed by atoms with Gasteiger partial charge in [-0.05, 0) is 77.7 Å². The van der Waals surface area contributed by atoms with E-state index < -0.39 is 8.80 Å². The minimum absolute atomic E-state index is 0.0346. The molecule has 0 bridgehead atoms. The Hall–Kier alpha value is -2.64. The van der Waals surface area contributed by atoms with Gasteiger partial charge in [0.2, 0.25) is 0 Å². The highest BCUT2D eigenvalue weighted by Gasteiger charge is 2.48. The van der Waals surface area contributed by atoms with Crippen LogP contribution in [0.4, 0.5) is 0 Å². The molecule has 1 heteroatoms. The van der Waals surface area contributed by atoms with E-state index in [9.17, 15) is 0 Å². The number of allylic oxidation sites excluding steroid dienone is 4. The Bertz CT molecular complexity index is 1210. The van der Waals surface area contributed by atoms with Gasteiger partial charge in [0.15, 0.2) is 0 Å². The van der Waals surface area contributed by atoms with Crippen LogP contribution in [0.25, 0.3) is 5.57 Å². The number of hydrogen-bond donors (Lipinski definition) is 0. The summed E-state index contributed by atoms with van der Waals surface area (Å²) >= 11 is 0. The van der Waals surface area contributed by atoms with Gasteiger partial charge in [-0.3, -0.25) is 0 Å². The Balaban J connectivity index is 2.08. The van der Waals surface area contributed by atoms with Gasteiger partial charge in [-0.15, -0.1) is 0 Å². The number of hydrogen-bond acceptors (Lipinski definition) is 0.